The number of nitrogens with zero attached hydrogens (tertiary/aromatic N) is 4. The van der Waals surface area contributed by atoms with Gasteiger partial charge in [-0.25, -0.2) is 4.98 Å². The standard InChI is InChI=1S/C16H15N5O3S/c1-2-24-15(22)10-25-14-8-7-13(9-18-14)19-16(23)11-3-5-12(6-4-11)20-21-17/h3-9H,2,10H2,1H3,(H,19,23). The lowest BCUT2D eigenvalue weighted by molar-refractivity contribution is -0.139. The molecule has 1 aromatic carbocycles. The van der Waals surface area contributed by atoms with E-state index in [0.717, 1.165) is 0 Å². The first-order valence-corrected chi connectivity index (χ1v) is 8.32. The van der Waals surface area contributed by atoms with Crippen LogP contribution in [-0.4, -0.2) is 29.2 Å². The van der Waals surface area contributed by atoms with Crippen molar-refractivity contribution in [3.63, 3.8) is 0 Å². The number of carbonyl (C=O) groups is 2. The number of ether oxygens (including phenoxy) is 1. The third-order valence-electron chi connectivity index (χ3n) is 2.93. The molecule has 0 saturated carbocycles. The number of hydrogen-bond donors (Lipinski definition) is 1. The number of anilines is 1. The molecule has 128 valence electrons. The summed E-state index contributed by atoms with van der Waals surface area (Å²) < 4.78 is 4.84. The predicted molar refractivity (Wildman–Crippen MR) is 94.8 cm³/mol. The van der Waals surface area contributed by atoms with Crippen LogP contribution < -0.4 is 5.32 Å². The van der Waals surface area contributed by atoms with Gasteiger partial charge in [0.2, 0.25) is 0 Å². The summed E-state index contributed by atoms with van der Waals surface area (Å²) in [6, 6.07) is 9.66. The number of esters is 1. The van der Waals surface area contributed by atoms with E-state index >= 15 is 0 Å². The SMILES string of the molecule is CCOC(=O)CSc1ccc(NC(=O)c2ccc(N=[N+]=[N-])cc2)cn1. The van der Waals surface area contributed by atoms with Gasteiger partial charge in [-0.15, -0.1) is 0 Å². The number of nitrogens with one attached hydrogen (secondary N) is 1. The van der Waals surface area contributed by atoms with Crippen molar-refractivity contribution in [1.29, 1.82) is 0 Å². The fourth-order valence-corrected chi connectivity index (χ4v) is 2.45. The van der Waals surface area contributed by atoms with Crippen molar-refractivity contribution < 1.29 is 14.3 Å². The molecule has 1 amide bonds. The van der Waals surface area contributed by atoms with Crippen LogP contribution in [0.15, 0.2) is 52.7 Å². The average molecular weight is 357 g/mol. The molecule has 0 radical (unpaired) electrons. The Morgan fingerprint density at radius 2 is 2.04 bits per heavy atom. The smallest absolute Gasteiger partial charge is 0.316 e. The van der Waals surface area contributed by atoms with Crippen LogP contribution in [0.4, 0.5) is 11.4 Å². The second kappa shape index (κ2) is 9.31. The summed E-state index contributed by atoms with van der Waals surface area (Å²) in [7, 11) is 0. The van der Waals surface area contributed by atoms with Crippen LogP contribution >= 0.6 is 11.8 Å². The normalized spacial score (nSPS) is 9.80. The monoisotopic (exact) mass is 357 g/mol. The van der Waals surface area contributed by atoms with E-state index in [1.54, 1.807) is 43.3 Å². The Bertz CT molecular complexity index is 786. The number of benzene rings is 1. The summed E-state index contributed by atoms with van der Waals surface area (Å²) >= 11 is 1.26. The second-order valence-corrected chi connectivity index (χ2v) is 5.66. The van der Waals surface area contributed by atoms with Gasteiger partial charge in [-0.05, 0) is 36.7 Å². The summed E-state index contributed by atoms with van der Waals surface area (Å²) in [5.41, 5.74) is 9.75. The van der Waals surface area contributed by atoms with Crippen LogP contribution in [0, 0.1) is 0 Å². The van der Waals surface area contributed by atoms with E-state index in [1.165, 1.54) is 18.0 Å². The van der Waals surface area contributed by atoms with Gasteiger partial charge in [0.1, 0.15) is 0 Å². The van der Waals surface area contributed by atoms with Gasteiger partial charge >= 0.3 is 5.97 Å². The minimum absolute atomic E-state index is 0.185. The molecule has 2 rings (SSSR count). The van der Waals surface area contributed by atoms with E-state index in [9.17, 15) is 9.59 Å². The molecule has 2 aromatic rings. The van der Waals surface area contributed by atoms with Gasteiger partial charge in [-0.3, -0.25) is 9.59 Å². The summed E-state index contributed by atoms with van der Waals surface area (Å²) in [4.78, 5) is 30.3. The van der Waals surface area contributed by atoms with Gasteiger partial charge in [0, 0.05) is 16.2 Å². The summed E-state index contributed by atoms with van der Waals surface area (Å²) in [5, 5.41) is 6.82. The number of carbonyl (C=O) groups excluding carboxylic acids is 2. The highest BCUT2D eigenvalue weighted by atomic mass is 32.2. The Morgan fingerprint density at radius 1 is 1.28 bits per heavy atom. The fraction of sp³-hybridized carbons (Fsp3) is 0.188. The van der Waals surface area contributed by atoms with Crippen molar-refractivity contribution in [2.45, 2.75) is 11.9 Å². The number of amides is 1. The molecular weight excluding hydrogens is 342 g/mol. The molecule has 0 aliphatic heterocycles. The Balaban J connectivity index is 1.92. The molecule has 0 unspecified atom stereocenters. The van der Waals surface area contributed by atoms with Crippen molar-refractivity contribution in [1.82, 2.24) is 4.98 Å². The lowest BCUT2D eigenvalue weighted by Crippen LogP contribution is -2.11. The highest BCUT2D eigenvalue weighted by Crippen LogP contribution is 2.18. The lowest BCUT2D eigenvalue weighted by atomic mass is 10.2. The molecule has 0 bridgehead atoms. The molecular formula is C16H15N5O3S. The van der Waals surface area contributed by atoms with E-state index in [4.69, 9.17) is 10.3 Å². The summed E-state index contributed by atoms with van der Waals surface area (Å²) in [5.74, 6) is -0.415. The predicted octanol–water partition coefficient (Wildman–Crippen LogP) is 3.93. The average Bonchev–Trinajstić information content (AvgIpc) is 2.62. The molecule has 25 heavy (non-hydrogen) atoms. The van der Waals surface area contributed by atoms with E-state index in [0.29, 0.717) is 28.6 Å². The maximum Gasteiger partial charge on any atom is 0.316 e. The molecule has 0 spiro atoms. The minimum Gasteiger partial charge on any atom is -0.465 e. The number of aromatic nitrogens is 1. The maximum atomic E-state index is 12.1. The Hall–Kier alpha value is -3.03. The van der Waals surface area contributed by atoms with Crippen LogP contribution in [0.3, 0.4) is 0 Å². The number of hydrogen-bond acceptors (Lipinski definition) is 6. The highest BCUT2D eigenvalue weighted by Gasteiger charge is 2.07. The van der Waals surface area contributed by atoms with Crippen LogP contribution in [0.25, 0.3) is 10.4 Å². The topological polar surface area (TPSA) is 117 Å². The molecule has 8 nitrogen and oxygen atoms in total. The van der Waals surface area contributed by atoms with Crippen molar-refractivity contribution in [3.8, 4) is 0 Å². The molecule has 0 aliphatic carbocycles. The molecule has 1 N–H and O–H groups in total. The zero-order valence-electron chi connectivity index (χ0n) is 13.4. The van der Waals surface area contributed by atoms with Crippen molar-refractivity contribution in [3.05, 3.63) is 58.6 Å². The van der Waals surface area contributed by atoms with Gasteiger partial charge in [0.05, 0.1) is 29.3 Å². The maximum absolute atomic E-state index is 12.1. The highest BCUT2D eigenvalue weighted by molar-refractivity contribution is 7.99. The zero-order valence-corrected chi connectivity index (χ0v) is 14.2. The molecule has 1 aromatic heterocycles. The lowest BCUT2D eigenvalue weighted by Gasteiger charge is -2.06. The molecule has 0 fully saturated rings. The third kappa shape index (κ3) is 5.83. The van der Waals surface area contributed by atoms with Gasteiger partial charge in [0.25, 0.3) is 5.91 Å². The van der Waals surface area contributed by atoms with Gasteiger partial charge in [-0.1, -0.05) is 29.0 Å². The zero-order chi connectivity index (χ0) is 18.1. The number of azide groups is 1. The van der Waals surface area contributed by atoms with Gasteiger partial charge in [0.15, 0.2) is 0 Å². The molecule has 9 heteroatoms. The molecule has 1 heterocycles. The van der Waals surface area contributed by atoms with Gasteiger partial charge < -0.3 is 10.1 Å². The molecule has 0 atom stereocenters. The molecule has 0 saturated heterocycles. The Labute approximate surface area is 148 Å². The number of pyridine rings is 1. The third-order valence-corrected chi connectivity index (χ3v) is 3.84. The summed E-state index contributed by atoms with van der Waals surface area (Å²) in [6.45, 7) is 2.10. The quantitative estimate of drug-likeness (QED) is 0.265. The first-order chi connectivity index (χ1) is 12.1. The van der Waals surface area contributed by atoms with E-state index in [1.807, 2.05) is 0 Å². The largest absolute Gasteiger partial charge is 0.465 e. The molecule has 0 aliphatic rings. The summed E-state index contributed by atoms with van der Waals surface area (Å²) in [6.07, 6.45) is 1.51. The van der Waals surface area contributed by atoms with Crippen molar-refractivity contribution in [2.24, 2.45) is 5.11 Å². The number of rotatable bonds is 7. The first kappa shape index (κ1) is 18.3. The Morgan fingerprint density at radius 3 is 2.64 bits per heavy atom. The van der Waals surface area contributed by atoms with Crippen LogP contribution in [0.2, 0.25) is 0 Å². The van der Waals surface area contributed by atoms with Gasteiger partial charge in [-0.2, -0.15) is 0 Å². The van der Waals surface area contributed by atoms with E-state index in [-0.39, 0.29) is 17.6 Å². The van der Waals surface area contributed by atoms with Crippen molar-refractivity contribution >= 4 is 35.0 Å². The van der Waals surface area contributed by atoms with Crippen LogP contribution in [0.5, 0.6) is 0 Å². The van der Waals surface area contributed by atoms with Crippen LogP contribution in [-0.2, 0) is 9.53 Å². The first-order valence-electron chi connectivity index (χ1n) is 7.33. The van der Waals surface area contributed by atoms with E-state index in [2.05, 4.69) is 20.3 Å². The van der Waals surface area contributed by atoms with Crippen LogP contribution in [0.1, 0.15) is 17.3 Å². The Kier molecular flexibility index (Phi) is 6.82. The minimum atomic E-state index is -0.304. The van der Waals surface area contributed by atoms with E-state index < -0.39 is 0 Å². The number of thioether (sulfide) groups is 1. The fourth-order valence-electron chi connectivity index (χ4n) is 1.81. The second-order valence-electron chi connectivity index (χ2n) is 4.67. The van der Waals surface area contributed by atoms with Crippen molar-refractivity contribution in [2.75, 3.05) is 17.7 Å².